The summed E-state index contributed by atoms with van der Waals surface area (Å²) in [5, 5.41) is 5.78. The van der Waals surface area contributed by atoms with E-state index in [1.165, 1.54) is 11.8 Å². The van der Waals surface area contributed by atoms with E-state index in [1.807, 2.05) is 19.1 Å². The largest absolute Gasteiger partial charge is 0.332 e. The van der Waals surface area contributed by atoms with Gasteiger partial charge < -0.3 is 10.2 Å². The molecule has 0 aliphatic rings. The Balaban J connectivity index is 2.04. The lowest BCUT2D eigenvalue weighted by Gasteiger charge is -2.16. The molecular weight excluding hydrogens is 402 g/mol. The Morgan fingerprint density at radius 1 is 1.16 bits per heavy atom. The first kappa shape index (κ1) is 19.1. The molecule has 0 radical (unpaired) electrons. The molecule has 0 aromatic heterocycles. The summed E-state index contributed by atoms with van der Waals surface area (Å²) in [5.41, 5.74) is 2.96. The predicted octanol–water partition coefficient (Wildman–Crippen LogP) is 3.87. The van der Waals surface area contributed by atoms with Crippen molar-refractivity contribution in [3.8, 4) is 0 Å². The molecule has 25 heavy (non-hydrogen) atoms. The smallest absolute Gasteiger partial charge is 0.257 e. The van der Waals surface area contributed by atoms with Crippen molar-refractivity contribution >= 4 is 56.4 Å². The standard InChI is InChI=1S/C18H18BrN3O2S/c1-11-7-8-13(9-16(11)19)17(24)21-18(25)20-14-5-4-6-15(10-14)22(3)12(2)23/h4-10H,1-3H3,(H2,20,21,24,25). The van der Waals surface area contributed by atoms with Crippen LogP contribution in [0.2, 0.25) is 0 Å². The van der Waals surface area contributed by atoms with Crippen LogP contribution in [0.5, 0.6) is 0 Å². The number of nitrogens with one attached hydrogen (secondary N) is 2. The number of aryl methyl sites for hydroxylation is 1. The monoisotopic (exact) mass is 419 g/mol. The van der Waals surface area contributed by atoms with Gasteiger partial charge in [0.15, 0.2) is 5.11 Å². The predicted molar refractivity (Wildman–Crippen MR) is 108 cm³/mol. The first-order valence-corrected chi connectivity index (χ1v) is 8.71. The highest BCUT2D eigenvalue weighted by atomic mass is 79.9. The molecule has 2 aromatic carbocycles. The van der Waals surface area contributed by atoms with Crippen LogP contribution in [-0.2, 0) is 4.79 Å². The molecule has 0 heterocycles. The second kappa shape index (κ2) is 8.22. The maximum atomic E-state index is 12.3. The van der Waals surface area contributed by atoms with E-state index in [1.54, 1.807) is 37.4 Å². The molecule has 2 amide bonds. The van der Waals surface area contributed by atoms with Crippen LogP contribution in [0, 0.1) is 6.92 Å². The molecule has 0 unspecified atom stereocenters. The molecule has 2 aromatic rings. The van der Waals surface area contributed by atoms with Crippen molar-refractivity contribution in [2.45, 2.75) is 13.8 Å². The van der Waals surface area contributed by atoms with Crippen molar-refractivity contribution in [3.05, 3.63) is 58.1 Å². The summed E-state index contributed by atoms with van der Waals surface area (Å²) in [4.78, 5) is 25.2. The maximum absolute atomic E-state index is 12.3. The zero-order valence-corrected chi connectivity index (χ0v) is 16.5. The maximum Gasteiger partial charge on any atom is 0.257 e. The Morgan fingerprint density at radius 3 is 2.52 bits per heavy atom. The first-order chi connectivity index (χ1) is 11.8. The van der Waals surface area contributed by atoms with Crippen molar-refractivity contribution in [3.63, 3.8) is 0 Å². The average Bonchev–Trinajstić information content (AvgIpc) is 2.56. The molecular formula is C18H18BrN3O2S. The van der Waals surface area contributed by atoms with E-state index >= 15 is 0 Å². The number of hydrogen-bond donors (Lipinski definition) is 2. The third-order valence-corrected chi connectivity index (χ3v) is 4.68. The molecule has 5 nitrogen and oxygen atoms in total. The van der Waals surface area contributed by atoms with Gasteiger partial charge in [-0.05, 0) is 55.0 Å². The normalized spacial score (nSPS) is 10.1. The lowest BCUT2D eigenvalue weighted by molar-refractivity contribution is -0.116. The summed E-state index contributed by atoms with van der Waals surface area (Å²) in [6, 6.07) is 12.5. The van der Waals surface area contributed by atoms with Crippen LogP contribution in [-0.4, -0.2) is 24.0 Å². The summed E-state index contributed by atoms with van der Waals surface area (Å²) in [7, 11) is 1.69. The molecule has 0 aliphatic carbocycles. The number of amides is 2. The molecule has 0 fully saturated rings. The highest BCUT2D eigenvalue weighted by Gasteiger charge is 2.10. The number of rotatable bonds is 3. The van der Waals surface area contributed by atoms with Gasteiger partial charge in [-0.2, -0.15) is 0 Å². The van der Waals surface area contributed by atoms with Gasteiger partial charge in [-0.25, -0.2) is 0 Å². The van der Waals surface area contributed by atoms with Crippen molar-refractivity contribution in [2.24, 2.45) is 0 Å². The Morgan fingerprint density at radius 2 is 1.88 bits per heavy atom. The average molecular weight is 420 g/mol. The summed E-state index contributed by atoms with van der Waals surface area (Å²) < 4.78 is 0.860. The zero-order chi connectivity index (χ0) is 18.6. The van der Waals surface area contributed by atoms with Gasteiger partial charge in [-0.1, -0.05) is 28.1 Å². The van der Waals surface area contributed by atoms with Crippen molar-refractivity contribution in [2.75, 3.05) is 17.3 Å². The number of carbonyl (C=O) groups is 2. The van der Waals surface area contributed by atoms with Crippen LogP contribution in [0.3, 0.4) is 0 Å². The molecule has 2 rings (SSSR count). The number of hydrogen-bond acceptors (Lipinski definition) is 3. The van der Waals surface area contributed by atoms with Gasteiger partial charge in [-0.15, -0.1) is 0 Å². The lowest BCUT2D eigenvalue weighted by atomic mass is 10.1. The summed E-state index contributed by atoms with van der Waals surface area (Å²) >= 11 is 8.60. The highest BCUT2D eigenvalue weighted by molar-refractivity contribution is 9.10. The van der Waals surface area contributed by atoms with E-state index in [9.17, 15) is 9.59 Å². The van der Waals surface area contributed by atoms with Gasteiger partial charge in [0.1, 0.15) is 0 Å². The van der Waals surface area contributed by atoms with E-state index in [2.05, 4.69) is 26.6 Å². The van der Waals surface area contributed by atoms with Gasteiger partial charge in [0, 0.05) is 35.4 Å². The summed E-state index contributed by atoms with van der Waals surface area (Å²) in [5.74, 6) is -0.367. The van der Waals surface area contributed by atoms with Gasteiger partial charge in [0.2, 0.25) is 5.91 Å². The van der Waals surface area contributed by atoms with Crippen molar-refractivity contribution in [1.82, 2.24) is 5.32 Å². The van der Waals surface area contributed by atoms with Gasteiger partial charge in [0.05, 0.1) is 0 Å². The Bertz CT molecular complexity index is 839. The molecule has 0 spiro atoms. The molecule has 2 N–H and O–H groups in total. The quantitative estimate of drug-likeness (QED) is 0.741. The topological polar surface area (TPSA) is 61.4 Å². The molecule has 0 aliphatic heterocycles. The molecule has 0 saturated heterocycles. The Kier molecular flexibility index (Phi) is 6.27. The second-order valence-corrected chi connectivity index (χ2v) is 6.76. The minimum Gasteiger partial charge on any atom is -0.332 e. The Hall–Kier alpha value is -2.25. The molecule has 7 heteroatoms. The number of thiocarbonyl (C=S) groups is 1. The summed E-state index contributed by atoms with van der Waals surface area (Å²) in [6.07, 6.45) is 0. The Labute approximate surface area is 160 Å². The number of benzene rings is 2. The zero-order valence-electron chi connectivity index (χ0n) is 14.1. The van der Waals surface area contributed by atoms with Gasteiger partial charge in [-0.3, -0.25) is 14.9 Å². The number of carbonyl (C=O) groups excluding carboxylic acids is 2. The highest BCUT2D eigenvalue weighted by Crippen LogP contribution is 2.19. The minimum atomic E-state index is -0.296. The van der Waals surface area contributed by atoms with Crippen LogP contribution in [0.15, 0.2) is 46.9 Å². The van der Waals surface area contributed by atoms with E-state index < -0.39 is 0 Å². The van der Waals surface area contributed by atoms with E-state index in [-0.39, 0.29) is 16.9 Å². The van der Waals surface area contributed by atoms with Crippen LogP contribution < -0.4 is 15.5 Å². The van der Waals surface area contributed by atoms with Crippen LogP contribution in [0.1, 0.15) is 22.8 Å². The van der Waals surface area contributed by atoms with Crippen molar-refractivity contribution < 1.29 is 9.59 Å². The fourth-order valence-electron chi connectivity index (χ4n) is 2.05. The lowest BCUT2D eigenvalue weighted by Crippen LogP contribution is -2.34. The first-order valence-electron chi connectivity index (χ1n) is 7.51. The molecule has 130 valence electrons. The van der Waals surface area contributed by atoms with Crippen LogP contribution in [0.4, 0.5) is 11.4 Å². The second-order valence-electron chi connectivity index (χ2n) is 5.50. The van der Waals surface area contributed by atoms with Gasteiger partial charge in [0.25, 0.3) is 5.91 Å². The van der Waals surface area contributed by atoms with E-state index in [4.69, 9.17) is 12.2 Å². The number of halogens is 1. The summed E-state index contributed by atoms with van der Waals surface area (Å²) in [6.45, 7) is 3.44. The third-order valence-electron chi connectivity index (χ3n) is 3.62. The fraction of sp³-hybridized carbons (Fsp3) is 0.167. The molecule has 0 atom stereocenters. The number of nitrogens with zero attached hydrogens (tertiary/aromatic N) is 1. The van der Waals surface area contributed by atoms with Crippen LogP contribution in [0.25, 0.3) is 0 Å². The van der Waals surface area contributed by atoms with Gasteiger partial charge >= 0.3 is 0 Å². The molecule has 0 saturated carbocycles. The SMILES string of the molecule is CC(=O)N(C)c1cccc(NC(=S)NC(=O)c2ccc(C)c(Br)c2)c1. The van der Waals surface area contributed by atoms with Crippen molar-refractivity contribution in [1.29, 1.82) is 0 Å². The van der Waals surface area contributed by atoms with Crippen LogP contribution >= 0.6 is 28.1 Å². The minimum absolute atomic E-state index is 0.0713. The number of anilines is 2. The molecule has 0 bridgehead atoms. The third kappa shape index (κ3) is 5.11. The van der Waals surface area contributed by atoms with E-state index in [0.717, 1.165) is 15.7 Å². The van der Waals surface area contributed by atoms with E-state index in [0.29, 0.717) is 11.3 Å². The fourth-order valence-corrected chi connectivity index (χ4v) is 2.64.